The largest absolute Gasteiger partial charge is 0.497 e. The van der Waals surface area contributed by atoms with Crippen LogP contribution in [-0.4, -0.2) is 35.6 Å². The number of hydrogen-bond donors (Lipinski definition) is 4. The van der Waals surface area contributed by atoms with Gasteiger partial charge >= 0.3 is 6.03 Å². The van der Waals surface area contributed by atoms with Crippen LogP contribution in [0.4, 0.5) is 15.6 Å². The first-order valence-corrected chi connectivity index (χ1v) is 9.10. The van der Waals surface area contributed by atoms with Crippen LogP contribution >= 0.6 is 11.3 Å². The molecular formula is C18H19N5O3S. The molecule has 0 radical (unpaired) electrons. The lowest BCUT2D eigenvalue weighted by Gasteiger charge is -2.08. The first-order valence-electron chi connectivity index (χ1n) is 8.22. The predicted octanol–water partition coefficient (Wildman–Crippen LogP) is 3.30. The number of benzene rings is 1. The van der Waals surface area contributed by atoms with E-state index in [1.807, 2.05) is 23.7 Å². The summed E-state index contributed by atoms with van der Waals surface area (Å²) in [4.78, 5) is 31.2. The van der Waals surface area contributed by atoms with Crippen LogP contribution in [0.2, 0.25) is 0 Å². The molecule has 0 aliphatic rings. The molecule has 3 aromatic rings. The summed E-state index contributed by atoms with van der Waals surface area (Å²) >= 11 is 1.35. The second kappa shape index (κ2) is 8.86. The molecule has 2 aromatic heterocycles. The van der Waals surface area contributed by atoms with Crippen LogP contribution in [0.15, 0.2) is 48.0 Å². The van der Waals surface area contributed by atoms with E-state index in [4.69, 9.17) is 4.74 Å². The van der Waals surface area contributed by atoms with Gasteiger partial charge in [0.15, 0.2) is 5.13 Å². The fourth-order valence-electron chi connectivity index (χ4n) is 2.27. The maximum Gasteiger partial charge on any atom is 0.319 e. The van der Waals surface area contributed by atoms with Crippen LogP contribution in [-0.2, 0) is 4.79 Å². The monoisotopic (exact) mass is 385 g/mol. The lowest BCUT2D eigenvalue weighted by molar-refractivity contribution is -0.116. The third-order valence-corrected chi connectivity index (χ3v) is 4.37. The number of carbonyl (C=O) groups is 2. The van der Waals surface area contributed by atoms with Crippen molar-refractivity contribution in [2.45, 2.75) is 6.42 Å². The van der Waals surface area contributed by atoms with E-state index in [1.54, 1.807) is 31.4 Å². The molecule has 9 heteroatoms. The Morgan fingerprint density at radius 3 is 2.70 bits per heavy atom. The van der Waals surface area contributed by atoms with Gasteiger partial charge in [0.05, 0.1) is 18.5 Å². The van der Waals surface area contributed by atoms with E-state index in [1.165, 1.54) is 11.3 Å². The Labute approximate surface area is 160 Å². The normalized spacial score (nSPS) is 10.3. The molecule has 0 aliphatic heterocycles. The van der Waals surface area contributed by atoms with Gasteiger partial charge in [-0.15, -0.1) is 11.3 Å². The summed E-state index contributed by atoms with van der Waals surface area (Å²) < 4.78 is 5.06. The van der Waals surface area contributed by atoms with Crippen molar-refractivity contribution in [2.24, 2.45) is 0 Å². The first-order chi connectivity index (χ1) is 13.1. The summed E-state index contributed by atoms with van der Waals surface area (Å²) in [5.41, 5.74) is 2.30. The number of thiazole rings is 1. The summed E-state index contributed by atoms with van der Waals surface area (Å²) in [7, 11) is 1.58. The highest BCUT2D eigenvalue weighted by molar-refractivity contribution is 7.14. The number of ether oxygens (including phenoxy) is 1. The number of anilines is 2. The molecule has 0 saturated carbocycles. The van der Waals surface area contributed by atoms with E-state index in [-0.39, 0.29) is 24.9 Å². The van der Waals surface area contributed by atoms with Gasteiger partial charge in [0.25, 0.3) is 0 Å². The molecule has 3 amide bonds. The summed E-state index contributed by atoms with van der Waals surface area (Å²) in [5.74, 6) is 0.492. The third kappa shape index (κ3) is 5.32. The Hall–Kier alpha value is -3.33. The average molecular weight is 385 g/mol. The molecule has 140 valence electrons. The van der Waals surface area contributed by atoms with E-state index in [9.17, 15) is 9.59 Å². The molecule has 0 spiro atoms. The molecule has 0 atom stereocenters. The zero-order chi connectivity index (χ0) is 19.1. The molecule has 0 saturated heterocycles. The van der Waals surface area contributed by atoms with Gasteiger partial charge < -0.3 is 25.7 Å². The number of carbonyl (C=O) groups excluding carboxylic acids is 2. The van der Waals surface area contributed by atoms with Crippen molar-refractivity contribution in [3.05, 3.63) is 48.0 Å². The lowest BCUT2D eigenvalue weighted by Crippen LogP contribution is -2.31. The van der Waals surface area contributed by atoms with Crippen LogP contribution in [0, 0.1) is 0 Å². The van der Waals surface area contributed by atoms with Crippen LogP contribution in [0.3, 0.4) is 0 Å². The van der Waals surface area contributed by atoms with Gasteiger partial charge in [-0.2, -0.15) is 0 Å². The number of nitrogens with zero attached hydrogens (tertiary/aromatic N) is 1. The van der Waals surface area contributed by atoms with Crippen molar-refractivity contribution < 1.29 is 14.3 Å². The minimum atomic E-state index is -0.378. The van der Waals surface area contributed by atoms with Gasteiger partial charge in [0, 0.05) is 30.2 Å². The molecule has 27 heavy (non-hydrogen) atoms. The Kier molecular flexibility index (Phi) is 6.06. The highest BCUT2D eigenvalue weighted by atomic mass is 32.1. The minimum absolute atomic E-state index is 0.146. The number of amides is 3. The van der Waals surface area contributed by atoms with Crippen molar-refractivity contribution in [3.63, 3.8) is 0 Å². The number of aromatic amines is 1. The number of methoxy groups -OCH3 is 1. The van der Waals surface area contributed by atoms with Crippen LogP contribution in [0.5, 0.6) is 5.75 Å². The quantitative estimate of drug-likeness (QED) is 0.500. The highest BCUT2D eigenvalue weighted by Crippen LogP contribution is 2.23. The summed E-state index contributed by atoms with van der Waals surface area (Å²) in [5, 5.41) is 10.4. The van der Waals surface area contributed by atoms with Crippen molar-refractivity contribution in [1.82, 2.24) is 15.3 Å². The second-order valence-corrected chi connectivity index (χ2v) is 6.39. The zero-order valence-corrected chi connectivity index (χ0v) is 15.4. The van der Waals surface area contributed by atoms with Crippen LogP contribution < -0.4 is 20.7 Å². The topological polar surface area (TPSA) is 108 Å². The predicted molar refractivity (Wildman–Crippen MR) is 105 cm³/mol. The first kappa shape index (κ1) is 18.5. The van der Waals surface area contributed by atoms with Gasteiger partial charge in [0.2, 0.25) is 5.91 Å². The average Bonchev–Trinajstić information content (AvgIpc) is 3.34. The molecule has 4 N–H and O–H groups in total. The molecule has 0 unspecified atom stereocenters. The standard InChI is InChI=1S/C18H19N5O3S/c1-26-13-6-4-12(5-7-13)21-17(25)20-10-8-16(24)23-18-22-15(11-27-18)14-3-2-9-19-14/h2-7,9,11,19H,8,10H2,1H3,(H2,20,21,25)(H,22,23,24). The fourth-order valence-corrected chi connectivity index (χ4v) is 2.99. The summed E-state index contributed by atoms with van der Waals surface area (Å²) in [6.45, 7) is 0.211. The Morgan fingerprint density at radius 2 is 2.00 bits per heavy atom. The molecule has 0 fully saturated rings. The molecule has 8 nitrogen and oxygen atoms in total. The summed E-state index contributed by atoms with van der Waals surface area (Å²) in [6.07, 6.45) is 1.96. The molecule has 0 bridgehead atoms. The number of nitrogens with one attached hydrogen (secondary N) is 4. The Morgan fingerprint density at radius 1 is 1.19 bits per heavy atom. The maximum atomic E-state index is 12.0. The van der Waals surface area contributed by atoms with Crippen molar-refractivity contribution >= 4 is 34.1 Å². The van der Waals surface area contributed by atoms with E-state index < -0.39 is 0 Å². The third-order valence-electron chi connectivity index (χ3n) is 3.61. The lowest BCUT2D eigenvalue weighted by atomic mass is 10.3. The molecule has 0 aliphatic carbocycles. The minimum Gasteiger partial charge on any atom is -0.497 e. The molecular weight excluding hydrogens is 366 g/mol. The Bertz CT molecular complexity index is 890. The SMILES string of the molecule is COc1ccc(NC(=O)NCCC(=O)Nc2nc(-c3ccc[nH]3)cs2)cc1. The van der Waals surface area contributed by atoms with E-state index >= 15 is 0 Å². The maximum absolute atomic E-state index is 12.0. The number of aromatic nitrogens is 2. The van der Waals surface area contributed by atoms with Gasteiger partial charge in [0.1, 0.15) is 5.75 Å². The highest BCUT2D eigenvalue weighted by Gasteiger charge is 2.09. The van der Waals surface area contributed by atoms with Crippen molar-refractivity contribution in [2.75, 3.05) is 24.3 Å². The summed E-state index contributed by atoms with van der Waals surface area (Å²) in [6, 6.07) is 10.4. The van der Waals surface area contributed by atoms with Gasteiger partial charge in [-0.05, 0) is 36.4 Å². The molecule has 1 aromatic carbocycles. The van der Waals surface area contributed by atoms with E-state index in [0.717, 1.165) is 11.4 Å². The smallest absolute Gasteiger partial charge is 0.319 e. The number of rotatable bonds is 7. The fraction of sp³-hybridized carbons (Fsp3) is 0.167. The van der Waals surface area contributed by atoms with Gasteiger partial charge in [-0.25, -0.2) is 9.78 Å². The van der Waals surface area contributed by atoms with E-state index in [2.05, 4.69) is 25.9 Å². The Balaban J connectivity index is 1.39. The molecule has 2 heterocycles. The number of H-pyrrole nitrogens is 1. The van der Waals surface area contributed by atoms with Crippen LogP contribution in [0.25, 0.3) is 11.4 Å². The van der Waals surface area contributed by atoms with Crippen LogP contribution in [0.1, 0.15) is 6.42 Å². The second-order valence-electron chi connectivity index (χ2n) is 5.53. The van der Waals surface area contributed by atoms with E-state index in [0.29, 0.717) is 16.6 Å². The molecule has 3 rings (SSSR count). The van der Waals surface area contributed by atoms with Gasteiger partial charge in [-0.3, -0.25) is 4.79 Å². The van der Waals surface area contributed by atoms with Crippen molar-refractivity contribution in [3.8, 4) is 17.1 Å². The number of hydrogen-bond acceptors (Lipinski definition) is 5. The number of urea groups is 1. The zero-order valence-electron chi connectivity index (χ0n) is 14.6. The van der Waals surface area contributed by atoms with Gasteiger partial charge in [-0.1, -0.05) is 0 Å². The van der Waals surface area contributed by atoms with Crippen molar-refractivity contribution in [1.29, 1.82) is 0 Å².